The molecule has 1 saturated heterocycles. The van der Waals surface area contributed by atoms with Crippen molar-refractivity contribution in [2.24, 2.45) is 5.73 Å². The maximum absolute atomic E-state index is 12.3. The number of piperazine rings is 1. The molecule has 2 aromatic carbocycles. The monoisotopic (exact) mass is 636 g/mol. The SMILES string of the molecule is CCCCNc1nc(Nc2ccc(CC(=O)NCCOCCOCCN)cc2)nc(N2CCN(c3ccc([N+](=O)[O-])cc3)CC2)n1. The van der Waals surface area contributed by atoms with E-state index in [-0.39, 0.29) is 18.0 Å². The number of nitrogens with zero attached hydrogens (tertiary/aromatic N) is 6. The molecule has 1 aliphatic rings. The van der Waals surface area contributed by atoms with Crippen molar-refractivity contribution in [1.29, 1.82) is 0 Å². The van der Waals surface area contributed by atoms with Gasteiger partial charge in [0.2, 0.25) is 23.8 Å². The van der Waals surface area contributed by atoms with E-state index in [0.29, 0.717) is 70.5 Å². The highest BCUT2D eigenvalue weighted by Gasteiger charge is 2.21. The van der Waals surface area contributed by atoms with E-state index in [9.17, 15) is 14.9 Å². The van der Waals surface area contributed by atoms with Crippen LogP contribution in [-0.2, 0) is 20.7 Å². The summed E-state index contributed by atoms with van der Waals surface area (Å²) in [5.74, 6) is 1.40. The molecule has 4 rings (SSSR count). The van der Waals surface area contributed by atoms with Gasteiger partial charge in [0, 0.05) is 69.3 Å². The summed E-state index contributed by atoms with van der Waals surface area (Å²) < 4.78 is 10.7. The van der Waals surface area contributed by atoms with Crippen molar-refractivity contribution in [3.63, 3.8) is 0 Å². The fourth-order valence-electron chi connectivity index (χ4n) is 4.72. The first-order valence-corrected chi connectivity index (χ1v) is 15.7. The first-order valence-electron chi connectivity index (χ1n) is 15.7. The van der Waals surface area contributed by atoms with Gasteiger partial charge in [0.1, 0.15) is 0 Å². The van der Waals surface area contributed by atoms with Crippen LogP contribution in [0.1, 0.15) is 25.3 Å². The highest BCUT2D eigenvalue weighted by Crippen LogP contribution is 2.23. The molecule has 0 unspecified atom stereocenters. The van der Waals surface area contributed by atoms with E-state index < -0.39 is 4.92 Å². The molecule has 0 aliphatic carbocycles. The molecule has 0 radical (unpaired) electrons. The zero-order chi connectivity index (χ0) is 32.6. The van der Waals surface area contributed by atoms with Crippen LogP contribution in [0.2, 0.25) is 0 Å². The maximum Gasteiger partial charge on any atom is 0.269 e. The van der Waals surface area contributed by atoms with Gasteiger partial charge in [-0.05, 0) is 36.2 Å². The summed E-state index contributed by atoms with van der Waals surface area (Å²) in [4.78, 5) is 41.3. The van der Waals surface area contributed by atoms with Crippen LogP contribution >= 0.6 is 0 Å². The van der Waals surface area contributed by atoms with Crippen LogP contribution in [0.4, 0.5) is 34.9 Å². The Morgan fingerprint density at radius 1 is 0.891 bits per heavy atom. The smallest absolute Gasteiger partial charge is 0.269 e. The lowest BCUT2D eigenvalue weighted by Gasteiger charge is -2.36. The molecular weight excluding hydrogens is 592 g/mol. The van der Waals surface area contributed by atoms with Gasteiger partial charge in [0.05, 0.1) is 37.8 Å². The van der Waals surface area contributed by atoms with Gasteiger partial charge in [-0.15, -0.1) is 0 Å². The van der Waals surface area contributed by atoms with Gasteiger partial charge < -0.3 is 41.0 Å². The molecule has 15 heteroatoms. The second-order valence-electron chi connectivity index (χ2n) is 10.7. The molecule has 46 heavy (non-hydrogen) atoms. The number of carbonyl (C=O) groups is 1. The topological polar surface area (TPSA) is 186 Å². The van der Waals surface area contributed by atoms with Crippen molar-refractivity contribution in [3.05, 3.63) is 64.2 Å². The third-order valence-corrected chi connectivity index (χ3v) is 7.20. The fourth-order valence-corrected chi connectivity index (χ4v) is 4.72. The number of carbonyl (C=O) groups excluding carboxylic acids is 1. The van der Waals surface area contributed by atoms with E-state index in [1.54, 1.807) is 12.1 Å². The number of rotatable bonds is 19. The Labute approximate surface area is 269 Å². The molecule has 15 nitrogen and oxygen atoms in total. The Bertz CT molecular complexity index is 1370. The molecular formula is C31H44N10O5. The molecule has 1 fully saturated rings. The summed E-state index contributed by atoms with van der Waals surface area (Å²) in [5.41, 5.74) is 8.06. The van der Waals surface area contributed by atoms with Crippen molar-refractivity contribution in [3.8, 4) is 0 Å². The predicted octanol–water partition coefficient (Wildman–Crippen LogP) is 2.71. The van der Waals surface area contributed by atoms with Crippen LogP contribution in [0.25, 0.3) is 0 Å². The van der Waals surface area contributed by atoms with E-state index in [2.05, 4.69) is 37.7 Å². The first-order chi connectivity index (χ1) is 22.4. The Kier molecular flexibility index (Phi) is 13.7. The van der Waals surface area contributed by atoms with Crippen LogP contribution in [-0.4, -0.2) is 98.0 Å². The molecule has 1 aromatic heterocycles. The summed E-state index contributed by atoms with van der Waals surface area (Å²) in [6, 6.07) is 14.2. The number of non-ortho nitro benzene ring substituents is 1. The Morgan fingerprint density at radius 3 is 2.24 bits per heavy atom. The van der Waals surface area contributed by atoms with Gasteiger partial charge in [0.15, 0.2) is 0 Å². The van der Waals surface area contributed by atoms with E-state index in [1.807, 2.05) is 24.3 Å². The number of anilines is 5. The van der Waals surface area contributed by atoms with Gasteiger partial charge in [-0.2, -0.15) is 15.0 Å². The van der Waals surface area contributed by atoms with Gasteiger partial charge in [-0.25, -0.2) is 0 Å². The number of amides is 1. The summed E-state index contributed by atoms with van der Waals surface area (Å²) in [6.45, 7) is 8.46. The summed E-state index contributed by atoms with van der Waals surface area (Å²) >= 11 is 0. The van der Waals surface area contributed by atoms with Gasteiger partial charge >= 0.3 is 0 Å². The minimum Gasteiger partial charge on any atom is -0.378 e. The normalized spacial score (nSPS) is 13.0. The number of hydrogen-bond acceptors (Lipinski definition) is 13. The molecule has 3 aromatic rings. The van der Waals surface area contributed by atoms with E-state index in [1.165, 1.54) is 12.1 Å². The number of ether oxygens (including phenoxy) is 2. The number of hydrogen-bond donors (Lipinski definition) is 4. The minimum absolute atomic E-state index is 0.0780. The molecule has 1 amide bonds. The molecule has 0 bridgehead atoms. The van der Waals surface area contributed by atoms with Crippen molar-refractivity contribution in [2.75, 3.05) is 92.7 Å². The van der Waals surface area contributed by atoms with Crippen molar-refractivity contribution < 1.29 is 19.2 Å². The number of benzene rings is 2. The lowest BCUT2D eigenvalue weighted by Crippen LogP contribution is -2.47. The maximum atomic E-state index is 12.3. The standard InChI is InChI=1S/C31H44N10O5/c1-2-3-13-34-29-36-30(35-25-6-4-24(5-7-25)23-28(42)33-14-20-46-22-21-45-19-12-32)38-31(37-29)40-17-15-39(16-18-40)26-8-10-27(11-9-26)41(43)44/h4-11H,2-3,12-23,32H2,1H3,(H,33,42)(H2,34,35,36,37,38). The number of nitrogens with one attached hydrogen (secondary N) is 3. The highest BCUT2D eigenvalue weighted by atomic mass is 16.6. The lowest BCUT2D eigenvalue weighted by molar-refractivity contribution is -0.384. The highest BCUT2D eigenvalue weighted by molar-refractivity contribution is 5.78. The molecule has 1 aliphatic heterocycles. The van der Waals surface area contributed by atoms with Crippen LogP contribution in [0.15, 0.2) is 48.5 Å². The lowest BCUT2D eigenvalue weighted by atomic mass is 10.1. The summed E-state index contributed by atoms with van der Waals surface area (Å²) in [5, 5.41) is 20.5. The summed E-state index contributed by atoms with van der Waals surface area (Å²) in [7, 11) is 0. The van der Waals surface area contributed by atoms with Gasteiger partial charge in [-0.3, -0.25) is 14.9 Å². The molecule has 0 spiro atoms. The molecule has 5 N–H and O–H groups in total. The second-order valence-corrected chi connectivity index (χ2v) is 10.7. The van der Waals surface area contributed by atoms with E-state index in [0.717, 1.165) is 49.4 Å². The minimum atomic E-state index is -0.392. The number of unbranched alkanes of at least 4 members (excludes halogenated alkanes) is 1. The zero-order valence-electron chi connectivity index (χ0n) is 26.3. The Morgan fingerprint density at radius 2 is 1.57 bits per heavy atom. The third-order valence-electron chi connectivity index (χ3n) is 7.20. The van der Waals surface area contributed by atoms with Crippen LogP contribution < -0.4 is 31.5 Å². The number of nitrogens with two attached hydrogens (primary N) is 1. The third kappa shape index (κ3) is 11.1. The summed E-state index contributed by atoms with van der Waals surface area (Å²) in [6.07, 6.45) is 2.29. The van der Waals surface area contributed by atoms with E-state index >= 15 is 0 Å². The average molecular weight is 637 g/mol. The van der Waals surface area contributed by atoms with Gasteiger partial charge in [0.25, 0.3) is 5.69 Å². The average Bonchev–Trinajstić information content (AvgIpc) is 3.07. The molecule has 248 valence electrons. The van der Waals surface area contributed by atoms with Crippen LogP contribution in [0, 0.1) is 10.1 Å². The largest absolute Gasteiger partial charge is 0.378 e. The van der Waals surface area contributed by atoms with Crippen LogP contribution in [0.5, 0.6) is 0 Å². The second kappa shape index (κ2) is 18.4. The first kappa shape index (κ1) is 34.3. The number of nitro benzene ring substituents is 1. The van der Waals surface area contributed by atoms with Crippen molar-refractivity contribution >= 4 is 40.8 Å². The Balaban J connectivity index is 1.31. The van der Waals surface area contributed by atoms with Gasteiger partial charge in [-0.1, -0.05) is 25.5 Å². The Hall–Kier alpha value is -4.60. The van der Waals surface area contributed by atoms with Crippen molar-refractivity contribution in [2.45, 2.75) is 26.2 Å². The van der Waals surface area contributed by atoms with E-state index in [4.69, 9.17) is 25.2 Å². The predicted molar refractivity (Wildman–Crippen MR) is 178 cm³/mol. The quantitative estimate of drug-likeness (QED) is 0.0856. The van der Waals surface area contributed by atoms with Crippen LogP contribution in [0.3, 0.4) is 0 Å². The molecule has 0 atom stereocenters. The molecule has 2 heterocycles. The van der Waals surface area contributed by atoms with Crippen molar-refractivity contribution in [1.82, 2.24) is 20.3 Å². The number of nitro groups is 1. The number of aromatic nitrogens is 3. The molecule has 0 saturated carbocycles. The fraction of sp³-hybridized carbons (Fsp3) is 0.484. The zero-order valence-corrected chi connectivity index (χ0v) is 26.3.